The second kappa shape index (κ2) is 14.5. The van der Waals surface area contributed by atoms with Gasteiger partial charge in [0.15, 0.2) is 4.91 Å². The maximum absolute atomic E-state index is 13.4. The van der Waals surface area contributed by atoms with Crippen molar-refractivity contribution < 1.29 is 14.1 Å². The molecular weight excluding hydrogens is 542 g/mol. The minimum Gasteiger partial charge on any atom is -0.593 e. The Morgan fingerprint density at radius 1 is 1.20 bits per heavy atom. The summed E-state index contributed by atoms with van der Waals surface area (Å²) in [4.78, 5) is 25.5. The van der Waals surface area contributed by atoms with E-state index in [9.17, 15) is 9.35 Å². The van der Waals surface area contributed by atoms with E-state index in [4.69, 9.17) is 4.74 Å². The molecule has 0 aliphatic carbocycles. The average Bonchev–Trinajstić information content (AvgIpc) is 3.58. The van der Waals surface area contributed by atoms with Crippen LogP contribution in [0.25, 0.3) is 21.7 Å². The van der Waals surface area contributed by atoms with Crippen molar-refractivity contribution in [3.8, 4) is 10.6 Å². The van der Waals surface area contributed by atoms with Crippen molar-refractivity contribution in [2.45, 2.75) is 73.0 Å². The van der Waals surface area contributed by atoms with Gasteiger partial charge in [0.25, 0.3) is 0 Å². The normalized spacial score (nSPS) is 14.0. The molecule has 3 rings (SSSR count). The number of H-pyrrole nitrogens is 1. The van der Waals surface area contributed by atoms with E-state index < -0.39 is 17.5 Å². The maximum atomic E-state index is 13.4. The second-order valence-corrected chi connectivity index (χ2v) is 12.6. The van der Waals surface area contributed by atoms with E-state index in [1.165, 1.54) is 16.9 Å². The van der Waals surface area contributed by atoms with Crippen LogP contribution in [0.5, 0.6) is 0 Å². The topological polar surface area (TPSA) is 115 Å². The first-order valence-electron chi connectivity index (χ1n) is 13.3. The lowest BCUT2D eigenvalue weighted by Gasteiger charge is -2.23. The third kappa shape index (κ3) is 9.19. The summed E-state index contributed by atoms with van der Waals surface area (Å²) < 4.78 is 21.8. The number of thiazole rings is 1. The molecule has 0 radical (unpaired) electrons. The fraction of sp³-hybridized carbons (Fsp3) is 0.367. The Morgan fingerprint density at radius 3 is 2.50 bits per heavy atom. The van der Waals surface area contributed by atoms with Crippen LogP contribution in [0.1, 0.15) is 71.9 Å². The van der Waals surface area contributed by atoms with E-state index in [1.807, 2.05) is 70.4 Å². The summed E-state index contributed by atoms with van der Waals surface area (Å²) in [6.07, 6.45) is 12.3. The molecule has 0 fully saturated rings. The zero-order chi connectivity index (χ0) is 29.3. The Kier molecular flexibility index (Phi) is 11.3. The van der Waals surface area contributed by atoms with Gasteiger partial charge in [-0.2, -0.15) is 0 Å². The molecule has 2 heterocycles. The number of carbonyl (C=O) groups is 1. The van der Waals surface area contributed by atoms with Gasteiger partial charge in [-0.3, -0.25) is 5.32 Å². The molecule has 0 saturated heterocycles. The fourth-order valence-corrected chi connectivity index (χ4v) is 6.12. The summed E-state index contributed by atoms with van der Waals surface area (Å²) in [6, 6.07) is 7.46. The van der Waals surface area contributed by atoms with Crippen LogP contribution in [0.4, 0.5) is 10.5 Å². The molecule has 40 heavy (non-hydrogen) atoms. The molecule has 1 aromatic carbocycles. The number of allylic oxidation sites excluding steroid dienone is 5. The monoisotopic (exact) mass is 581 g/mol. The third-order valence-electron chi connectivity index (χ3n) is 5.53. The summed E-state index contributed by atoms with van der Waals surface area (Å²) >= 11 is 0.113. The number of carbonyl (C=O) groups excluding carboxylic acids is 1. The predicted molar refractivity (Wildman–Crippen MR) is 167 cm³/mol. The number of nitrogens with one attached hydrogen (secondary N) is 3. The molecule has 0 aliphatic heterocycles. The van der Waals surface area contributed by atoms with Gasteiger partial charge in [0.1, 0.15) is 5.01 Å². The number of imidazole rings is 1. The van der Waals surface area contributed by atoms with Gasteiger partial charge in [0, 0.05) is 23.0 Å². The minimum absolute atomic E-state index is 0.195. The first-order valence-corrected chi connectivity index (χ1v) is 15.3. The molecule has 0 saturated carbocycles. The Morgan fingerprint density at radius 2 is 1.93 bits per heavy atom. The van der Waals surface area contributed by atoms with Gasteiger partial charge in [-0.05, 0) is 90.3 Å². The van der Waals surface area contributed by atoms with E-state index >= 15 is 0 Å². The number of aromatic nitrogens is 3. The van der Waals surface area contributed by atoms with Crippen LogP contribution in [0, 0.1) is 0 Å². The van der Waals surface area contributed by atoms with Crippen LogP contribution in [0.3, 0.4) is 0 Å². The fourth-order valence-electron chi connectivity index (χ4n) is 3.80. The highest BCUT2D eigenvalue weighted by Crippen LogP contribution is 2.36. The molecule has 2 aromatic heterocycles. The number of amides is 1. The number of ether oxygens (including phenoxy) is 1. The smallest absolute Gasteiger partial charge is 0.411 e. The van der Waals surface area contributed by atoms with Crippen LogP contribution in [-0.2, 0) is 16.1 Å². The average molecular weight is 582 g/mol. The van der Waals surface area contributed by atoms with E-state index in [2.05, 4.69) is 44.1 Å². The second-order valence-electron chi connectivity index (χ2n) is 10.4. The summed E-state index contributed by atoms with van der Waals surface area (Å²) in [5, 5.41) is 3.55. The van der Waals surface area contributed by atoms with Crippen LogP contribution < -0.4 is 10.0 Å². The molecule has 1 atom stereocenters. The first-order chi connectivity index (χ1) is 19.0. The quantitative estimate of drug-likeness (QED) is 0.158. The molecular formula is C30H39N5O3S2. The van der Waals surface area contributed by atoms with Gasteiger partial charge in [0.05, 0.1) is 46.1 Å². The van der Waals surface area contributed by atoms with Crippen molar-refractivity contribution in [2.75, 3.05) is 5.32 Å². The minimum atomic E-state index is -1.42. The van der Waals surface area contributed by atoms with Gasteiger partial charge >= 0.3 is 6.09 Å². The molecule has 0 spiro atoms. The number of benzene rings is 1. The van der Waals surface area contributed by atoms with Gasteiger partial charge in [-0.25, -0.2) is 14.8 Å². The van der Waals surface area contributed by atoms with E-state index in [1.54, 1.807) is 20.2 Å². The van der Waals surface area contributed by atoms with E-state index in [-0.39, 0.29) is 11.6 Å². The predicted octanol–water partition coefficient (Wildman–Crippen LogP) is 7.71. The molecule has 0 bridgehead atoms. The van der Waals surface area contributed by atoms with Gasteiger partial charge in [-0.15, -0.1) is 16.1 Å². The van der Waals surface area contributed by atoms with Crippen LogP contribution in [-0.4, -0.2) is 37.2 Å². The van der Waals surface area contributed by atoms with Gasteiger partial charge < -0.3 is 14.3 Å². The number of rotatable bonds is 11. The summed E-state index contributed by atoms with van der Waals surface area (Å²) in [5.74, 6) is 0. The number of aromatic amines is 1. The summed E-state index contributed by atoms with van der Waals surface area (Å²) in [7, 11) is 0. The SMILES string of the molecule is C/C=C(\C(=C/C/C=C(\CC)c1cnc[nH]1)c1cnc(-c2ccc(NC(=O)OC(C)C)cc2)s1)[S+]([O-])NC(C)(C)C. The van der Waals surface area contributed by atoms with E-state index in [0.717, 1.165) is 33.1 Å². The van der Waals surface area contributed by atoms with Crippen molar-refractivity contribution in [1.29, 1.82) is 0 Å². The van der Waals surface area contributed by atoms with Crippen molar-refractivity contribution in [1.82, 2.24) is 19.7 Å². The van der Waals surface area contributed by atoms with Crippen LogP contribution in [0.15, 0.2) is 66.1 Å². The number of nitrogens with zero attached hydrogens (tertiary/aromatic N) is 2. The van der Waals surface area contributed by atoms with Crippen LogP contribution >= 0.6 is 11.3 Å². The van der Waals surface area contributed by atoms with E-state index in [0.29, 0.717) is 17.0 Å². The maximum Gasteiger partial charge on any atom is 0.411 e. The van der Waals surface area contributed by atoms with Crippen molar-refractivity contribution in [2.24, 2.45) is 0 Å². The first kappa shape index (κ1) is 31.3. The standard InChI is InChI=1S/C30H39N5O3S2/c1-8-21(25-17-31-19-33-25)11-10-12-24(27(9-2)40(37)35-30(5,6)7)26-18-32-28(39-26)22-13-15-23(16-14-22)34-29(36)38-20(3)4/h9,11-20,35H,8,10H2,1-7H3,(H,31,33)(H,34,36)/b21-11+,24-12-,27-9+. The highest BCUT2D eigenvalue weighted by Gasteiger charge is 2.27. The Labute approximate surface area is 244 Å². The largest absolute Gasteiger partial charge is 0.593 e. The third-order valence-corrected chi connectivity index (χ3v) is 8.26. The number of hydrogen-bond donors (Lipinski definition) is 3. The summed E-state index contributed by atoms with van der Waals surface area (Å²) in [5.41, 5.74) is 4.28. The Balaban J connectivity index is 1.90. The zero-order valence-electron chi connectivity index (χ0n) is 24.2. The van der Waals surface area contributed by atoms with Crippen molar-refractivity contribution in [3.05, 3.63) is 76.7 Å². The van der Waals surface area contributed by atoms with Crippen molar-refractivity contribution >= 4 is 45.6 Å². The molecule has 10 heteroatoms. The van der Waals surface area contributed by atoms with Gasteiger partial charge in [0.2, 0.25) is 0 Å². The molecule has 1 amide bonds. The van der Waals surface area contributed by atoms with Gasteiger partial charge in [-0.1, -0.05) is 19.1 Å². The van der Waals surface area contributed by atoms with Crippen LogP contribution in [0.2, 0.25) is 0 Å². The lowest BCUT2D eigenvalue weighted by molar-refractivity contribution is 0.130. The molecule has 3 N–H and O–H groups in total. The lowest BCUT2D eigenvalue weighted by Crippen LogP contribution is -2.41. The molecule has 0 aliphatic rings. The highest BCUT2D eigenvalue weighted by molar-refractivity contribution is 7.94. The number of hydrogen-bond acceptors (Lipinski definition) is 7. The molecule has 1 unspecified atom stereocenters. The molecule has 8 nitrogen and oxygen atoms in total. The molecule has 214 valence electrons. The zero-order valence-corrected chi connectivity index (χ0v) is 25.8. The highest BCUT2D eigenvalue weighted by atomic mass is 32.2. The Bertz CT molecular complexity index is 1330. The molecule has 3 aromatic rings. The summed E-state index contributed by atoms with van der Waals surface area (Å²) in [6.45, 7) is 13.6. The lowest BCUT2D eigenvalue weighted by atomic mass is 10.1. The Hall–Kier alpha value is -3.18. The van der Waals surface area contributed by atoms with Crippen molar-refractivity contribution in [3.63, 3.8) is 0 Å². The number of anilines is 1.